The molecule has 0 aliphatic heterocycles. The van der Waals surface area contributed by atoms with Crippen LogP contribution in [0.25, 0.3) is 16.6 Å². The van der Waals surface area contributed by atoms with Crippen molar-refractivity contribution in [1.29, 1.82) is 5.26 Å². The number of esters is 1. The van der Waals surface area contributed by atoms with E-state index in [-0.39, 0.29) is 17.6 Å². The molecule has 0 aliphatic rings. The molecular formula is C20H15N3O5. The number of benzene rings is 2. The highest BCUT2D eigenvalue weighted by Gasteiger charge is 2.35. The monoisotopic (exact) mass is 377 g/mol. The molecule has 0 N–H and O–H groups in total. The second-order valence-electron chi connectivity index (χ2n) is 5.83. The van der Waals surface area contributed by atoms with E-state index in [0.29, 0.717) is 11.2 Å². The minimum Gasteiger partial charge on any atom is -0.465 e. The molecule has 0 fully saturated rings. The van der Waals surface area contributed by atoms with Gasteiger partial charge in [0.1, 0.15) is 0 Å². The van der Waals surface area contributed by atoms with E-state index in [1.165, 1.54) is 4.57 Å². The number of aromatic nitrogens is 1. The van der Waals surface area contributed by atoms with Gasteiger partial charge in [-0.05, 0) is 25.1 Å². The summed E-state index contributed by atoms with van der Waals surface area (Å²) in [7, 11) is 0. The van der Waals surface area contributed by atoms with E-state index >= 15 is 0 Å². The number of rotatable bonds is 5. The lowest BCUT2D eigenvalue weighted by Crippen LogP contribution is -2.26. The summed E-state index contributed by atoms with van der Waals surface area (Å²) in [5, 5.41) is 21.6. The van der Waals surface area contributed by atoms with Gasteiger partial charge in [0.15, 0.2) is 5.92 Å². The van der Waals surface area contributed by atoms with Crippen LogP contribution in [0.15, 0.2) is 59.4 Å². The summed E-state index contributed by atoms with van der Waals surface area (Å²) in [4.78, 5) is 36.3. The molecule has 8 nitrogen and oxygen atoms in total. The third-order valence-corrected chi connectivity index (χ3v) is 4.23. The van der Waals surface area contributed by atoms with Crippen LogP contribution in [-0.4, -0.2) is 22.1 Å². The SMILES string of the molecule is CCOC(=O)[C@@H](C#N)c1c([N+](=O)[O-])c(=O)n(-c2ccccc2)c2ccccc12. The molecule has 3 aromatic rings. The van der Waals surface area contributed by atoms with E-state index in [0.717, 1.165) is 0 Å². The summed E-state index contributed by atoms with van der Waals surface area (Å²) in [6.07, 6.45) is 0. The average Bonchev–Trinajstić information content (AvgIpc) is 2.69. The smallest absolute Gasteiger partial charge is 0.340 e. The second kappa shape index (κ2) is 7.72. The zero-order chi connectivity index (χ0) is 20.3. The summed E-state index contributed by atoms with van der Waals surface area (Å²) in [6.45, 7) is 1.57. The number of nitro groups is 1. The zero-order valence-corrected chi connectivity index (χ0v) is 14.9. The van der Waals surface area contributed by atoms with Crippen molar-refractivity contribution in [3.05, 3.63) is 80.6 Å². The molecule has 3 rings (SSSR count). The molecule has 0 unspecified atom stereocenters. The van der Waals surface area contributed by atoms with Crippen molar-refractivity contribution >= 4 is 22.6 Å². The minimum absolute atomic E-state index is 0.00379. The summed E-state index contributed by atoms with van der Waals surface area (Å²) in [5.41, 5.74) is -1.21. The molecule has 0 spiro atoms. The fourth-order valence-corrected chi connectivity index (χ4v) is 3.12. The number of fused-ring (bicyclic) bond motifs is 1. The lowest BCUT2D eigenvalue weighted by molar-refractivity contribution is -0.387. The zero-order valence-electron chi connectivity index (χ0n) is 14.9. The van der Waals surface area contributed by atoms with Gasteiger partial charge in [-0.2, -0.15) is 5.26 Å². The number of nitrogens with zero attached hydrogens (tertiary/aromatic N) is 3. The molecule has 1 atom stereocenters. The van der Waals surface area contributed by atoms with Crippen LogP contribution < -0.4 is 5.56 Å². The molecule has 140 valence electrons. The Kier molecular flexibility index (Phi) is 5.18. The van der Waals surface area contributed by atoms with Crippen molar-refractivity contribution in [1.82, 2.24) is 4.57 Å². The Labute approximate surface area is 159 Å². The Hall–Kier alpha value is -3.99. The predicted molar refractivity (Wildman–Crippen MR) is 101 cm³/mol. The molecule has 0 aliphatic carbocycles. The summed E-state index contributed by atoms with van der Waals surface area (Å²) >= 11 is 0. The molecular weight excluding hydrogens is 362 g/mol. The largest absolute Gasteiger partial charge is 0.465 e. The Morgan fingerprint density at radius 1 is 1.21 bits per heavy atom. The Morgan fingerprint density at radius 3 is 2.46 bits per heavy atom. The van der Waals surface area contributed by atoms with Crippen LogP contribution in [0, 0.1) is 21.4 Å². The molecule has 8 heteroatoms. The van der Waals surface area contributed by atoms with Crippen molar-refractivity contribution in [3.63, 3.8) is 0 Å². The van der Waals surface area contributed by atoms with Crippen molar-refractivity contribution in [2.45, 2.75) is 12.8 Å². The van der Waals surface area contributed by atoms with Crippen LogP contribution in [0.1, 0.15) is 18.4 Å². The molecule has 0 saturated carbocycles. The predicted octanol–water partition coefficient (Wildman–Crippen LogP) is 3.07. The summed E-state index contributed by atoms with van der Waals surface area (Å²) in [5.74, 6) is -2.53. The first-order chi connectivity index (χ1) is 13.5. The van der Waals surface area contributed by atoms with Gasteiger partial charge >= 0.3 is 17.2 Å². The van der Waals surface area contributed by atoms with Crippen LogP contribution in [0.5, 0.6) is 0 Å². The molecule has 0 bridgehead atoms. The second-order valence-corrected chi connectivity index (χ2v) is 5.83. The number of carbonyl (C=O) groups excluding carboxylic acids is 1. The van der Waals surface area contributed by atoms with Gasteiger partial charge in [0, 0.05) is 11.1 Å². The standard InChI is InChI=1S/C20H15N3O5/c1-2-28-20(25)15(12-21)17-14-10-6-7-11-16(14)22(13-8-4-3-5-9-13)19(24)18(17)23(26)27/h3-11,15H,2H2,1H3/t15-/m0/s1. The molecule has 0 amide bonds. The molecule has 2 aromatic carbocycles. The number of carbonyl (C=O) groups is 1. The Balaban J connectivity index is 2.49. The number of hydrogen-bond donors (Lipinski definition) is 0. The van der Waals surface area contributed by atoms with E-state index < -0.39 is 28.1 Å². The van der Waals surface area contributed by atoms with E-state index in [9.17, 15) is 25.0 Å². The van der Waals surface area contributed by atoms with Crippen LogP contribution in [0.3, 0.4) is 0 Å². The Bertz CT molecular complexity index is 1160. The van der Waals surface area contributed by atoms with Gasteiger partial charge in [0.05, 0.1) is 28.7 Å². The van der Waals surface area contributed by atoms with Crippen molar-refractivity contribution in [3.8, 4) is 11.8 Å². The van der Waals surface area contributed by atoms with Crippen LogP contribution in [0.2, 0.25) is 0 Å². The molecule has 0 saturated heterocycles. The normalized spacial score (nSPS) is 11.6. The maximum Gasteiger partial charge on any atom is 0.340 e. The third-order valence-electron chi connectivity index (χ3n) is 4.23. The number of nitriles is 1. The first kappa shape index (κ1) is 18.8. The van der Waals surface area contributed by atoms with Gasteiger partial charge < -0.3 is 4.74 Å². The maximum atomic E-state index is 13.1. The van der Waals surface area contributed by atoms with E-state index in [1.807, 2.05) is 0 Å². The fourth-order valence-electron chi connectivity index (χ4n) is 3.12. The number of para-hydroxylation sites is 2. The topological polar surface area (TPSA) is 115 Å². The van der Waals surface area contributed by atoms with Crippen molar-refractivity contribution in [2.75, 3.05) is 6.61 Å². The maximum absolute atomic E-state index is 13.1. The summed E-state index contributed by atoms with van der Waals surface area (Å²) in [6, 6.07) is 16.6. The van der Waals surface area contributed by atoms with Gasteiger partial charge in [-0.15, -0.1) is 0 Å². The van der Waals surface area contributed by atoms with Gasteiger partial charge in [0.25, 0.3) is 0 Å². The van der Waals surface area contributed by atoms with Crippen molar-refractivity contribution in [2.24, 2.45) is 0 Å². The molecule has 28 heavy (non-hydrogen) atoms. The molecule has 0 radical (unpaired) electrons. The lowest BCUT2D eigenvalue weighted by Gasteiger charge is -2.16. The van der Waals surface area contributed by atoms with Crippen molar-refractivity contribution < 1.29 is 14.5 Å². The highest BCUT2D eigenvalue weighted by molar-refractivity contribution is 5.94. The van der Waals surface area contributed by atoms with E-state index in [2.05, 4.69) is 0 Å². The van der Waals surface area contributed by atoms with Crippen LogP contribution in [-0.2, 0) is 9.53 Å². The lowest BCUT2D eigenvalue weighted by atomic mass is 9.94. The van der Waals surface area contributed by atoms with Crippen LogP contribution in [0.4, 0.5) is 5.69 Å². The number of pyridine rings is 1. The minimum atomic E-state index is -1.59. The first-order valence-corrected chi connectivity index (χ1v) is 8.45. The fraction of sp³-hybridized carbons (Fsp3) is 0.150. The third kappa shape index (κ3) is 3.10. The molecule has 1 heterocycles. The highest BCUT2D eigenvalue weighted by atomic mass is 16.6. The van der Waals surface area contributed by atoms with E-state index in [1.54, 1.807) is 67.6 Å². The van der Waals surface area contributed by atoms with Gasteiger partial charge in [0.2, 0.25) is 0 Å². The number of hydrogen-bond acceptors (Lipinski definition) is 6. The van der Waals surface area contributed by atoms with Gasteiger partial charge in [-0.1, -0.05) is 36.4 Å². The van der Waals surface area contributed by atoms with Gasteiger partial charge in [-0.25, -0.2) is 0 Å². The summed E-state index contributed by atoms with van der Waals surface area (Å²) < 4.78 is 6.10. The Morgan fingerprint density at radius 2 is 1.86 bits per heavy atom. The highest BCUT2D eigenvalue weighted by Crippen LogP contribution is 2.33. The number of ether oxygens (including phenoxy) is 1. The van der Waals surface area contributed by atoms with Gasteiger partial charge in [-0.3, -0.25) is 24.3 Å². The quantitative estimate of drug-likeness (QED) is 0.383. The van der Waals surface area contributed by atoms with E-state index in [4.69, 9.17) is 4.74 Å². The average molecular weight is 377 g/mol. The van der Waals surface area contributed by atoms with Crippen LogP contribution >= 0.6 is 0 Å². The molecule has 1 aromatic heterocycles. The first-order valence-electron chi connectivity index (χ1n) is 8.45.